The Morgan fingerprint density at radius 3 is 1.77 bits per heavy atom. The molecule has 0 spiro atoms. The smallest absolute Gasteiger partial charge is 0.379 e. The third-order valence-electron chi connectivity index (χ3n) is 3.13. The third-order valence-corrected chi connectivity index (χ3v) is 3.13. The maximum atomic E-state index is 11.7. The predicted molar refractivity (Wildman–Crippen MR) is 81.5 cm³/mol. The van der Waals surface area contributed by atoms with Gasteiger partial charge in [-0.2, -0.15) is 0 Å². The summed E-state index contributed by atoms with van der Waals surface area (Å²) < 4.78 is 9.83. The van der Waals surface area contributed by atoms with Gasteiger partial charge in [0.15, 0.2) is 0 Å². The molecule has 0 bridgehead atoms. The van der Waals surface area contributed by atoms with Crippen LogP contribution in [-0.4, -0.2) is 34.2 Å². The molecule has 0 aliphatic carbocycles. The lowest BCUT2D eigenvalue weighted by Crippen LogP contribution is -2.51. The molecule has 0 heterocycles. The van der Waals surface area contributed by atoms with Crippen LogP contribution in [0.1, 0.15) is 47.0 Å². The van der Waals surface area contributed by atoms with Gasteiger partial charge in [-0.1, -0.05) is 33.4 Å². The summed E-state index contributed by atoms with van der Waals surface area (Å²) in [6.45, 7) is 13.2. The van der Waals surface area contributed by atoms with Crippen molar-refractivity contribution in [1.82, 2.24) is 0 Å². The zero-order chi connectivity index (χ0) is 17.5. The van der Waals surface area contributed by atoms with Crippen molar-refractivity contribution < 1.29 is 29.3 Å². The summed E-state index contributed by atoms with van der Waals surface area (Å²) >= 11 is 0. The van der Waals surface area contributed by atoms with Crippen molar-refractivity contribution in [2.45, 2.75) is 59.0 Å². The monoisotopic (exact) mass is 314 g/mol. The van der Waals surface area contributed by atoms with Crippen molar-refractivity contribution in [2.75, 3.05) is 0 Å². The highest BCUT2D eigenvalue weighted by molar-refractivity contribution is 5.88. The van der Waals surface area contributed by atoms with Gasteiger partial charge in [0, 0.05) is 11.1 Å². The quantitative estimate of drug-likeness (QED) is 0.384. The van der Waals surface area contributed by atoms with Gasteiger partial charge in [0.25, 0.3) is 0 Å². The second kappa shape index (κ2) is 8.70. The normalized spacial score (nSPS) is 13.9. The van der Waals surface area contributed by atoms with E-state index in [1.807, 2.05) is 6.92 Å². The lowest BCUT2D eigenvalue weighted by atomic mass is 9.93. The minimum absolute atomic E-state index is 0.0321. The van der Waals surface area contributed by atoms with E-state index in [9.17, 15) is 19.8 Å². The van der Waals surface area contributed by atoms with Crippen LogP contribution in [0.3, 0.4) is 0 Å². The summed E-state index contributed by atoms with van der Waals surface area (Å²) in [5.74, 6) is -5.40. The number of carbonyl (C=O) groups excluding carboxylic acids is 2. The van der Waals surface area contributed by atoms with Crippen LogP contribution in [0, 0.1) is 5.92 Å². The molecule has 2 unspecified atom stereocenters. The van der Waals surface area contributed by atoms with Crippen molar-refractivity contribution in [3.63, 3.8) is 0 Å². The topological polar surface area (TPSA) is 93.1 Å². The predicted octanol–water partition coefficient (Wildman–Crippen LogP) is 2.06. The largest absolute Gasteiger partial charge is 0.394 e. The van der Waals surface area contributed by atoms with Gasteiger partial charge >= 0.3 is 17.9 Å². The minimum atomic E-state index is -2.57. The summed E-state index contributed by atoms with van der Waals surface area (Å²) in [5.41, 5.74) is 0.0641. The van der Waals surface area contributed by atoms with Gasteiger partial charge in [-0.15, -0.1) is 0 Å². The van der Waals surface area contributed by atoms with Gasteiger partial charge in [-0.25, -0.2) is 9.59 Å². The van der Waals surface area contributed by atoms with Crippen LogP contribution in [0.2, 0.25) is 0 Å². The van der Waals surface area contributed by atoms with Crippen LogP contribution < -0.4 is 0 Å². The first-order valence-corrected chi connectivity index (χ1v) is 7.27. The Hall–Kier alpha value is -1.66. The molecule has 0 fully saturated rings. The number of aliphatic hydroxyl groups excluding tert-OH is 1. The molecule has 0 saturated heterocycles. The summed E-state index contributed by atoms with van der Waals surface area (Å²) in [6.07, 6.45) is 0.230. The third kappa shape index (κ3) is 5.61. The molecule has 6 nitrogen and oxygen atoms in total. The Labute approximate surface area is 131 Å². The van der Waals surface area contributed by atoms with E-state index >= 15 is 0 Å². The van der Waals surface area contributed by atoms with Gasteiger partial charge in [0.05, 0.1) is 12.0 Å². The van der Waals surface area contributed by atoms with Crippen molar-refractivity contribution in [1.29, 1.82) is 0 Å². The Morgan fingerprint density at radius 1 is 1.09 bits per heavy atom. The van der Waals surface area contributed by atoms with E-state index in [2.05, 4.69) is 13.2 Å². The fourth-order valence-electron chi connectivity index (χ4n) is 1.88. The molecule has 0 aromatic heterocycles. The van der Waals surface area contributed by atoms with Crippen LogP contribution in [-0.2, 0) is 19.1 Å². The van der Waals surface area contributed by atoms with E-state index in [0.29, 0.717) is 12.8 Å². The minimum Gasteiger partial charge on any atom is -0.394 e. The molecule has 0 saturated carbocycles. The SMILES string of the molecule is C=C(C)C(=O)OC(O)(OC(=O)C(=C)C)C(CC)C(O)CCC. The highest BCUT2D eigenvalue weighted by atomic mass is 16.8. The number of aliphatic hydroxyl groups is 2. The molecule has 0 amide bonds. The first kappa shape index (κ1) is 20.3. The van der Waals surface area contributed by atoms with Crippen molar-refractivity contribution in [2.24, 2.45) is 5.92 Å². The maximum absolute atomic E-state index is 11.7. The van der Waals surface area contributed by atoms with Crippen LogP contribution in [0.25, 0.3) is 0 Å². The van der Waals surface area contributed by atoms with Gasteiger partial charge in [0.1, 0.15) is 0 Å². The van der Waals surface area contributed by atoms with Crippen molar-refractivity contribution in [3.8, 4) is 0 Å². The molecule has 0 radical (unpaired) electrons. The van der Waals surface area contributed by atoms with Crippen LogP contribution >= 0.6 is 0 Å². The van der Waals surface area contributed by atoms with E-state index < -0.39 is 29.9 Å². The van der Waals surface area contributed by atoms with Gasteiger partial charge in [-0.05, 0) is 26.7 Å². The molecule has 2 atom stereocenters. The molecule has 0 aliphatic rings. The van der Waals surface area contributed by atoms with Crippen LogP contribution in [0.15, 0.2) is 24.3 Å². The van der Waals surface area contributed by atoms with E-state index in [-0.39, 0.29) is 17.6 Å². The zero-order valence-corrected chi connectivity index (χ0v) is 13.7. The fourth-order valence-corrected chi connectivity index (χ4v) is 1.88. The number of rotatable bonds is 9. The summed E-state index contributed by atoms with van der Waals surface area (Å²) in [5, 5.41) is 20.7. The second-order valence-corrected chi connectivity index (χ2v) is 5.34. The number of ether oxygens (including phenoxy) is 2. The summed E-state index contributed by atoms with van der Waals surface area (Å²) in [4.78, 5) is 23.5. The molecule has 0 aromatic carbocycles. The molecular formula is C16H26O6. The van der Waals surface area contributed by atoms with Crippen LogP contribution in [0.5, 0.6) is 0 Å². The lowest BCUT2D eigenvalue weighted by molar-refractivity contribution is -0.357. The lowest BCUT2D eigenvalue weighted by Gasteiger charge is -2.36. The number of hydrogen-bond acceptors (Lipinski definition) is 6. The molecule has 0 aromatic rings. The summed E-state index contributed by atoms with van der Waals surface area (Å²) in [7, 11) is 0. The first-order chi connectivity index (χ1) is 10.1. The maximum Gasteiger partial charge on any atom is 0.379 e. The molecule has 2 N–H and O–H groups in total. The Kier molecular flexibility index (Phi) is 8.05. The van der Waals surface area contributed by atoms with E-state index in [1.54, 1.807) is 6.92 Å². The fraction of sp³-hybridized carbons (Fsp3) is 0.625. The van der Waals surface area contributed by atoms with Crippen LogP contribution in [0.4, 0.5) is 0 Å². The highest BCUT2D eigenvalue weighted by Crippen LogP contribution is 2.31. The highest BCUT2D eigenvalue weighted by Gasteiger charge is 2.47. The number of hydrogen-bond donors (Lipinski definition) is 2. The number of esters is 2. The standard InChI is InChI=1S/C16H26O6/c1-7-9-13(17)12(8-2)16(20,21-14(18)10(3)4)22-15(19)11(5)6/h12-13,17,20H,3,5,7-9H2,1-2,4,6H3. The molecule has 22 heavy (non-hydrogen) atoms. The Morgan fingerprint density at radius 2 is 1.50 bits per heavy atom. The average Bonchev–Trinajstić information content (AvgIpc) is 2.38. The van der Waals surface area contributed by atoms with E-state index in [1.165, 1.54) is 13.8 Å². The summed E-state index contributed by atoms with van der Waals surface area (Å²) in [6, 6.07) is 0. The van der Waals surface area contributed by atoms with E-state index in [4.69, 9.17) is 9.47 Å². The molecule has 0 aliphatic heterocycles. The van der Waals surface area contributed by atoms with E-state index in [0.717, 1.165) is 0 Å². The molecular weight excluding hydrogens is 288 g/mol. The van der Waals surface area contributed by atoms with Crippen molar-refractivity contribution in [3.05, 3.63) is 24.3 Å². The van der Waals surface area contributed by atoms with Gasteiger partial charge in [0.2, 0.25) is 0 Å². The molecule has 126 valence electrons. The number of carbonyl (C=O) groups is 2. The zero-order valence-electron chi connectivity index (χ0n) is 13.7. The average molecular weight is 314 g/mol. The Balaban J connectivity index is 5.53. The molecule has 6 heteroatoms. The molecule has 0 rings (SSSR count). The second-order valence-electron chi connectivity index (χ2n) is 5.34. The van der Waals surface area contributed by atoms with Gasteiger partial charge in [-0.3, -0.25) is 0 Å². The van der Waals surface area contributed by atoms with Gasteiger partial charge < -0.3 is 19.7 Å². The Bertz CT molecular complexity index is 412. The first-order valence-electron chi connectivity index (χ1n) is 7.27. The van der Waals surface area contributed by atoms with Crippen molar-refractivity contribution >= 4 is 11.9 Å².